The number of amides is 1. The molecule has 2 aromatic rings. The van der Waals surface area contributed by atoms with Gasteiger partial charge in [0.15, 0.2) is 0 Å². The molecule has 0 aliphatic rings. The fourth-order valence-corrected chi connectivity index (χ4v) is 2.87. The number of benzene rings is 1. The average molecular weight is 331 g/mol. The zero-order valence-electron chi connectivity index (χ0n) is 15.1. The highest BCUT2D eigenvalue weighted by atomic mass is 16.5. The Hall–Kier alpha value is -2.30. The van der Waals surface area contributed by atoms with Gasteiger partial charge in [-0.2, -0.15) is 0 Å². The van der Waals surface area contributed by atoms with E-state index in [2.05, 4.69) is 0 Å². The van der Waals surface area contributed by atoms with E-state index in [-0.39, 0.29) is 24.1 Å². The first-order chi connectivity index (χ1) is 11.2. The molecule has 0 fully saturated rings. The van der Waals surface area contributed by atoms with E-state index >= 15 is 0 Å². The van der Waals surface area contributed by atoms with Crippen molar-refractivity contribution in [3.05, 3.63) is 40.2 Å². The van der Waals surface area contributed by atoms with Crippen molar-refractivity contribution < 1.29 is 13.9 Å². The average Bonchev–Trinajstić information content (AvgIpc) is 2.44. The second-order valence-corrected chi connectivity index (χ2v) is 6.70. The number of carbonyl (C=O) groups is 1. The van der Waals surface area contributed by atoms with E-state index in [9.17, 15) is 9.59 Å². The Kier molecular flexibility index (Phi) is 5.32. The summed E-state index contributed by atoms with van der Waals surface area (Å²) < 4.78 is 10.9. The Labute approximate surface area is 142 Å². The van der Waals surface area contributed by atoms with Crippen LogP contribution in [0, 0.1) is 0 Å². The number of ether oxygens (including phenoxy) is 1. The zero-order valence-corrected chi connectivity index (χ0v) is 15.1. The first-order valence-corrected chi connectivity index (χ1v) is 8.28. The van der Waals surface area contributed by atoms with Crippen LogP contribution < -0.4 is 10.4 Å². The summed E-state index contributed by atoms with van der Waals surface area (Å²) in [6.45, 7) is 11.7. The van der Waals surface area contributed by atoms with Gasteiger partial charge in [-0.25, -0.2) is 4.79 Å². The molecule has 0 saturated heterocycles. The second kappa shape index (κ2) is 7.07. The number of carbonyl (C=O) groups excluding carboxylic acids is 1. The Balaban J connectivity index is 2.58. The normalized spacial score (nSPS) is 11.5. The molecular formula is C19H25NO4. The van der Waals surface area contributed by atoms with E-state index in [4.69, 9.17) is 9.15 Å². The molecule has 5 heteroatoms. The van der Waals surface area contributed by atoms with Crippen molar-refractivity contribution in [3.63, 3.8) is 0 Å². The van der Waals surface area contributed by atoms with E-state index in [1.54, 1.807) is 23.1 Å². The van der Waals surface area contributed by atoms with Crippen molar-refractivity contribution in [2.75, 3.05) is 0 Å². The van der Waals surface area contributed by atoms with Gasteiger partial charge in [0.05, 0.1) is 11.7 Å². The third-order valence-electron chi connectivity index (χ3n) is 3.67. The molecule has 0 saturated carbocycles. The maximum absolute atomic E-state index is 13.0. The molecule has 0 aliphatic carbocycles. The van der Waals surface area contributed by atoms with Crippen LogP contribution in [-0.4, -0.2) is 29.0 Å². The van der Waals surface area contributed by atoms with Gasteiger partial charge in [-0.05, 0) is 53.7 Å². The van der Waals surface area contributed by atoms with E-state index in [1.165, 1.54) is 6.07 Å². The minimum atomic E-state index is -0.542. The summed E-state index contributed by atoms with van der Waals surface area (Å²) in [6.07, 6.45) is 0.0105. The van der Waals surface area contributed by atoms with Gasteiger partial charge in [0.1, 0.15) is 11.3 Å². The van der Waals surface area contributed by atoms with Gasteiger partial charge in [-0.15, -0.1) is 0 Å². The molecule has 1 aromatic carbocycles. The quantitative estimate of drug-likeness (QED) is 0.781. The summed E-state index contributed by atoms with van der Waals surface area (Å²) in [5.41, 5.74) is 0.177. The first-order valence-electron chi connectivity index (χ1n) is 8.28. The molecule has 0 spiro atoms. The minimum absolute atomic E-state index is 0.0105. The van der Waals surface area contributed by atoms with Gasteiger partial charge in [-0.1, -0.05) is 0 Å². The van der Waals surface area contributed by atoms with Crippen molar-refractivity contribution in [2.45, 2.75) is 59.7 Å². The predicted octanol–water partition coefficient (Wildman–Crippen LogP) is 3.84. The van der Waals surface area contributed by atoms with Gasteiger partial charge in [-0.3, -0.25) is 4.79 Å². The van der Waals surface area contributed by atoms with Crippen molar-refractivity contribution in [1.82, 2.24) is 4.90 Å². The largest absolute Gasteiger partial charge is 0.491 e. The topological polar surface area (TPSA) is 59.8 Å². The molecule has 24 heavy (non-hydrogen) atoms. The molecular weight excluding hydrogens is 306 g/mol. The molecule has 0 unspecified atom stereocenters. The number of nitrogens with zero attached hydrogens (tertiary/aromatic N) is 1. The SMILES string of the molecule is CC(C)Oc1ccc2c(C(=O)N(C(C)C)C(C)C)cc(=O)oc2c1. The van der Waals surface area contributed by atoms with Crippen LogP contribution in [-0.2, 0) is 0 Å². The monoisotopic (exact) mass is 331 g/mol. The van der Waals surface area contributed by atoms with Crippen LogP contribution >= 0.6 is 0 Å². The lowest BCUT2D eigenvalue weighted by atomic mass is 10.1. The van der Waals surface area contributed by atoms with Crippen molar-refractivity contribution in [1.29, 1.82) is 0 Å². The van der Waals surface area contributed by atoms with Gasteiger partial charge in [0.2, 0.25) is 0 Å². The van der Waals surface area contributed by atoms with Crippen LogP contribution in [0.5, 0.6) is 5.75 Å². The van der Waals surface area contributed by atoms with Crippen LogP contribution in [0.1, 0.15) is 51.9 Å². The zero-order chi connectivity index (χ0) is 18.0. The third-order valence-corrected chi connectivity index (χ3v) is 3.67. The summed E-state index contributed by atoms with van der Waals surface area (Å²) in [5, 5.41) is 0.613. The van der Waals surface area contributed by atoms with Gasteiger partial charge in [0, 0.05) is 29.6 Å². The number of hydrogen-bond donors (Lipinski definition) is 0. The summed E-state index contributed by atoms with van der Waals surface area (Å²) in [5.74, 6) is 0.435. The highest BCUT2D eigenvalue weighted by Gasteiger charge is 2.24. The molecule has 1 aromatic heterocycles. The Bertz CT molecular complexity index is 782. The molecule has 0 atom stereocenters. The highest BCUT2D eigenvalue weighted by Crippen LogP contribution is 2.25. The maximum Gasteiger partial charge on any atom is 0.337 e. The van der Waals surface area contributed by atoms with Crippen molar-refractivity contribution in [3.8, 4) is 5.75 Å². The predicted molar refractivity (Wildman–Crippen MR) is 94.7 cm³/mol. The summed E-state index contributed by atoms with van der Waals surface area (Å²) in [6, 6.07) is 6.54. The molecule has 1 amide bonds. The minimum Gasteiger partial charge on any atom is -0.491 e. The summed E-state index contributed by atoms with van der Waals surface area (Å²) in [7, 11) is 0. The van der Waals surface area contributed by atoms with Crippen LogP contribution in [0.3, 0.4) is 0 Å². The van der Waals surface area contributed by atoms with Gasteiger partial charge in [0.25, 0.3) is 5.91 Å². The summed E-state index contributed by atoms with van der Waals surface area (Å²) in [4.78, 5) is 26.7. The number of hydrogen-bond acceptors (Lipinski definition) is 4. The van der Waals surface area contributed by atoms with Crippen molar-refractivity contribution >= 4 is 16.9 Å². The summed E-state index contributed by atoms with van der Waals surface area (Å²) >= 11 is 0. The third kappa shape index (κ3) is 3.78. The van der Waals surface area contributed by atoms with Crippen molar-refractivity contribution in [2.24, 2.45) is 0 Å². The molecule has 5 nitrogen and oxygen atoms in total. The van der Waals surface area contributed by atoms with E-state index in [1.807, 2.05) is 41.5 Å². The molecule has 2 rings (SSSR count). The second-order valence-electron chi connectivity index (χ2n) is 6.70. The Morgan fingerprint density at radius 1 is 1.04 bits per heavy atom. The van der Waals surface area contributed by atoms with Crippen LogP contribution in [0.4, 0.5) is 0 Å². The maximum atomic E-state index is 13.0. The number of rotatable bonds is 5. The van der Waals surface area contributed by atoms with Gasteiger partial charge >= 0.3 is 5.63 Å². The molecule has 1 heterocycles. The fraction of sp³-hybridized carbons (Fsp3) is 0.474. The molecule has 0 aliphatic heterocycles. The smallest absolute Gasteiger partial charge is 0.337 e. The Morgan fingerprint density at radius 2 is 1.67 bits per heavy atom. The van der Waals surface area contributed by atoms with E-state index in [0.29, 0.717) is 22.3 Å². The lowest BCUT2D eigenvalue weighted by molar-refractivity contribution is 0.0645. The lowest BCUT2D eigenvalue weighted by Crippen LogP contribution is -2.42. The first kappa shape index (κ1) is 18.0. The standard InChI is InChI=1S/C19H25NO4/c1-11(2)20(12(3)4)19(22)16-10-18(21)24-17-9-14(23-13(5)6)7-8-15(16)17/h7-13H,1-6H3. The highest BCUT2D eigenvalue weighted by molar-refractivity contribution is 6.05. The van der Waals surface area contributed by atoms with Crippen LogP contribution in [0.2, 0.25) is 0 Å². The van der Waals surface area contributed by atoms with Gasteiger partial charge < -0.3 is 14.1 Å². The molecule has 0 bridgehead atoms. The molecule has 130 valence electrons. The number of fused-ring (bicyclic) bond motifs is 1. The van der Waals surface area contributed by atoms with Crippen LogP contribution in [0.25, 0.3) is 11.0 Å². The fourth-order valence-electron chi connectivity index (χ4n) is 2.87. The molecule has 0 radical (unpaired) electrons. The van der Waals surface area contributed by atoms with Crippen LogP contribution in [0.15, 0.2) is 33.5 Å². The lowest BCUT2D eigenvalue weighted by Gasteiger charge is -2.31. The van der Waals surface area contributed by atoms with E-state index < -0.39 is 5.63 Å². The molecule has 0 N–H and O–H groups in total. The Morgan fingerprint density at radius 3 is 2.21 bits per heavy atom. The van der Waals surface area contributed by atoms with E-state index in [0.717, 1.165) is 0 Å².